The standard InChI is InChI=1S/C18H20ClNO2S/c1-14-4-2-3-5-15(14)12-23-13-18(21)20-10-11-22-17-8-6-16(19)7-9-17/h2-9H,10-13H2,1H3,(H,20,21). The number of amides is 1. The molecule has 122 valence electrons. The van der Waals surface area contributed by atoms with Gasteiger partial charge in [-0.25, -0.2) is 0 Å². The van der Waals surface area contributed by atoms with Gasteiger partial charge < -0.3 is 10.1 Å². The molecule has 1 amide bonds. The lowest BCUT2D eigenvalue weighted by Gasteiger charge is -2.08. The fraction of sp³-hybridized carbons (Fsp3) is 0.278. The fourth-order valence-corrected chi connectivity index (χ4v) is 3.03. The van der Waals surface area contributed by atoms with E-state index in [9.17, 15) is 4.79 Å². The van der Waals surface area contributed by atoms with Crippen LogP contribution in [-0.4, -0.2) is 24.8 Å². The molecule has 0 atom stereocenters. The van der Waals surface area contributed by atoms with Gasteiger partial charge in [0.1, 0.15) is 12.4 Å². The Kier molecular flexibility index (Phi) is 7.30. The summed E-state index contributed by atoms with van der Waals surface area (Å²) in [4.78, 5) is 11.8. The number of carbonyl (C=O) groups is 1. The first-order valence-electron chi connectivity index (χ1n) is 7.42. The second-order valence-electron chi connectivity index (χ2n) is 5.07. The van der Waals surface area contributed by atoms with Gasteiger partial charge in [-0.2, -0.15) is 0 Å². The molecule has 2 aromatic carbocycles. The van der Waals surface area contributed by atoms with Gasteiger partial charge in [-0.1, -0.05) is 35.9 Å². The smallest absolute Gasteiger partial charge is 0.230 e. The molecule has 0 saturated heterocycles. The maximum atomic E-state index is 11.8. The average molecular weight is 350 g/mol. The first-order valence-corrected chi connectivity index (χ1v) is 8.96. The number of nitrogens with one attached hydrogen (secondary N) is 1. The Labute approximate surface area is 146 Å². The van der Waals surface area contributed by atoms with Gasteiger partial charge in [0.05, 0.1) is 12.3 Å². The van der Waals surface area contributed by atoms with Crippen molar-refractivity contribution in [3.8, 4) is 5.75 Å². The molecule has 0 bridgehead atoms. The van der Waals surface area contributed by atoms with Crippen LogP contribution in [0.15, 0.2) is 48.5 Å². The summed E-state index contributed by atoms with van der Waals surface area (Å²) in [6.45, 7) is 3.02. The normalized spacial score (nSPS) is 10.3. The van der Waals surface area contributed by atoms with Crippen LogP contribution in [0.5, 0.6) is 5.75 Å². The molecule has 23 heavy (non-hydrogen) atoms. The Bertz CT molecular complexity index is 631. The van der Waals surface area contributed by atoms with Crippen LogP contribution in [0.3, 0.4) is 0 Å². The van der Waals surface area contributed by atoms with Crippen LogP contribution < -0.4 is 10.1 Å². The molecule has 0 aliphatic carbocycles. The van der Waals surface area contributed by atoms with Crippen LogP contribution in [0, 0.1) is 6.92 Å². The molecule has 0 aliphatic rings. The van der Waals surface area contributed by atoms with E-state index in [1.807, 2.05) is 24.3 Å². The third-order valence-electron chi connectivity index (χ3n) is 3.26. The van der Waals surface area contributed by atoms with Gasteiger partial charge in [-0.15, -0.1) is 11.8 Å². The summed E-state index contributed by atoms with van der Waals surface area (Å²) in [6.07, 6.45) is 0. The minimum Gasteiger partial charge on any atom is -0.492 e. The number of thioether (sulfide) groups is 1. The minimum absolute atomic E-state index is 0.0308. The van der Waals surface area contributed by atoms with Crippen LogP contribution in [0.1, 0.15) is 11.1 Å². The number of carbonyl (C=O) groups excluding carboxylic acids is 1. The summed E-state index contributed by atoms with van der Waals surface area (Å²) in [5.74, 6) is 2.08. The monoisotopic (exact) mass is 349 g/mol. The van der Waals surface area contributed by atoms with E-state index in [2.05, 4.69) is 24.4 Å². The van der Waals surface area contributed by atoms with Gasteiger partial charge in [0.15, 0.2) is 0 Å². The van der Waals surface area contributed by atoms with Crippen molar-refractivity contribution < 1.29 is 9.53 Å². The topological polar surface area (TPSA) is 38.3 Å². The second-order valence-corrected chi connectivity index (χ2v) is 6.49. The van der Waals surface area contributed by atoms with Gasteiger partial charge in [0.25, 0.3) is 0 Å². The molecule has 1 N–H and O–H groups in total. The lowest BCUT2D eigenvalue weighted by molar-refractivity contribution is -0.118. The molecule has 2 aromatic rings. The maximum absolute atomic E-state index is 11.8. The predicted octanol–water partition coefficient (Wildman–Crippen LogP) is 4.08. The van der Waals surface area contributed by atoms with Gasteiger partial charge in [-0.05, 0) is 42.3 Å². The Morgan fingerprint density at radius 1 is 1.17 bits per heavy atom. The van der Waals surface area contributed by atoms with Crippen molar-refractivity contribution in [2.45, 2.75) is 12.7 Å². The van der Waals surface area contributed by atoms with E-state index in [0.717, 1.165) is 11.5 Å². The molecule has 3 nitrogen and oxygen atoms in total. The Morgan fingerprint density at radius 2 is 1.91 bits per heavy atom. The number of halogens is 1. The van der Waals surface area contributed by atoms with Crippen LogP contribution in [-0.2, 0) is 10.5 Å². The molecule has 2 rings (SSSR count). The molecule has 0 aromatic heterocycles. The van der Waals surface area contributed by atoms with E-state index in [4.69, 9.17) is 16.3 Å². The summed E-state index contributed by atoms with van der Waals surface area (Å²) >= 11 is 7.42. The predicted molar refractivity (Wildman–Crippen MR) is 97.3 cm³/mol. The quantitative estimate of drug-likeness (QED) is 0.730. The van der Waals surface area contributed by atoms with Crippen molar-refractivity contribution in [3.05, 3.63) is 64.7 Å². The third-order valence-corrected chi connectivity index (χ3v) is 4.49. The van der Waals surface area contributed by atoms with Crippen molar-refractivity contribution in [2.75, 3.05) is 18.9 Å². The number of aryl methyl sites for hydroxylation is 1. The number of rotatable bonds is 8. The Morgan fingerprint density at radius 3 is 2.65 bits per heavy atom. The molecule has 0 heterocycles. The van der Waals surface area contributed by atoms with E-state index in [1.165, 1.54) is 11.1 Å². The maximum Gasteiger partial charge on any atom is 0.230 e. The second kappa shape index (κ2) is 9.48. The van der Waals surface area contributed by atoms with Crippen LogP contribution >= 0.6 is 23.4 Å². The first-order chi connectivity index (χ1) is 11.1. The van der Waals surface area contributed by atoms with Crippen LogP contribution in [0.4, 0.5) is 0 Å². The summed E-state index contributed by atoms with van der Waals surface area (Å²) in [5.41, 5.74) is 2.54. The summed E-state index contributed by atoms with van der Waals surface area (Å²) < 4.78 is 5.52. The van der Waals surface area contributed by atoms with Gasteiger partial charge in [-0.3, -0.25) is 4.79 Å². The first kappa shape index (κ1) is 17.7. The highest BCUT2D eigenvalue weighted by atomic mass is 35.5. The Hall–Kier alpha value is -1.65. The minimum atomic E-state index is 0.0308. The van der Waals surface area contributed by atoms with E-state index in [0.29, 0.717) is 23.9 Å². The highest BCUT2D eigenvalue weighted by molar-refractivity contribution is 7.99. The highest BCUT2D eigenvalue weighted by Gasteiger charge is 2.03. The molecule has 0 unspecified atom stereocenters. The van der Waals surface area contributed by atoms with Gasteiger partial charge >= 0.3 is 0 Å². The lowest BCUT2D eigenvalue weighted by atomic mass is 10.1. The van der Waals surface area contributed by atoms with Crippen molar-refractivity contribution >= 4 is 29.3 Å². The molecular weight excluding hydrogens is 330 g/mol. The summed E-state index contributed by atoms with van der Waals surface area (Å²) in [6, 6.07) is 15.4. The average Bonchev–Trinajstić information content (AvgIpc) is 2.55. The molecule has 0 fully saturated rings. The van der Waals surface area contributed by atoms with Gasteiger partial charge in [0.2, 0.25) is 5.91 Å². The van der Waals surface area contributed by atoms with Crippen molar-refractivity contribution in [1.29, 1.82) is 0 Å². The number of hydrogen-bond donors (Lipinski definition) is 1. The number of ether oxygens (including phenoxy) is 1. The van der Waals surface area contributed by atoms with Crippen molar-refractivity contribution in [1.82, 2.24) is 5.32 Å². The fourth-order valence-electron chi connectivity index (χ4n) is 1.97. The number of benzene rings is 2. The molecule has 0 aliphatic heterocycles. The van der Waals surface area contributed by atoms with E-state index < -0.39 is 0 Å². The van der Waals surface area contributed by atoms with Crippen molar-refractivity contribution in [3.63, 3.8) is 0 Å². The molecular formula is C18H20ClNO2S. The van der Waals surface area contributed by atoms with Gasteiger partial charge in [0, 0.05) is 10.8 Å². The van der Waals surface area contributed by atoms with E-state index >= 15 is 0 Å². The summed E-state index contributed by atoms with van der Waals surface area (Å²) in [7, 11) is 0. The molecule has 0 radical (unpaired) electrons. The Balaban J connectivity index is 1.58. The zero-order valence-corrected chi connectivity index (χ0v) is 14.6. The highest BCUT2D eigenvalue weighted by Crippen LogP contribution is 2.16. The largest absolute Gasteiger partial charge is 0.492 e. The van der Waals surface area contributed by atoms with E-state index in [1.54, 1.807) is 23.9 Å². The molecule has 5 heteroatoms. The molecule has 0 saturated carbocycles. The van der Waals surface area contributed by atoms with Crippen molar-refractivity contribution in [2.24, 2.45) is 0 Å². The lowest BCUT2D eigenvalue weighted by Crippen LogP contribution is -2.29. The SMILES string of the molecule is Cc1ccccc1CSCC(=O)NCCOc1ccc(Cl)cc1. The van der Waals surface area contributed by atoms with Crippen LogP contribution in [0.2, 0.25) is 5.02 Å². The van der Waals surface area contributed by atoms with Crippen LogP contribution in [0.25, 0.3) is 0 Å². The zero-order valence-electron chi connectivity index (χ0n) is 13.0. The summed E-state index contributed by atoms with van der Waals surface area (Å²) in [5, 5.41) is 3.53. The zero-order chi connectivity index (χ0) is 16.5. The van der Waals surface area contributed by atoms with E-state index in [-0.39, 0.29) is 5.91 Å². The molecule has 0 spiro atoms. The third kappa shape index (κ3) is 6.55. The number of hydrogen-bond acceptors (Lipinski definition) is 3.